The second-order valence-corrected chi connectivity index (χ2v) is 7.99. The van der Waals surface area contributed by atoms with E-state index in [0.29, 0.717) is 19.0 Å². The molecular formula is C24H23N5O3. The molecule has 0 atom stereocenters. The van der Waals surface area contributed by atoms with Crippen molar-refractivity contribution in [1.29, 1.82) is 0 Å². The van der Waals surface area contributed by atoms with E-state index in [9.17, 15) is 9.59 Å². The van der Waals surface area contributed by atoms with Crippen molar-refractivity contribution in [2.75, 3.05) is 23.3 Å². The lowest BCUT2D eigenvalue weighted by molar-refractivity contribution is -0.120. The minimum atomic E-state index is -0.135. The molecule has 0 unspecified atom stereocenters. The first-order valence-corrected chi connectivity index (χ1v) is 10.6. The van der Waals surface area contributed by atoms with Crippen LogP contribution in [0, 0.1) is 5.92 Å². The van der Waals surface area contributed by atoms with Crippen molar-refractivity contribution < 1.29 is 9.21 Å². The molecule has 0 aliphatic carbocycles. The molecule has 0 radical (unpaired) electrons. The number of anilines is 2. The SMILES string of the molecule is Cn1ncc(N2CCC(C(=O)Nc3ccc(-c4nc5ccccc5o4)cc3)CC2)cc1=O. The predicted molar refractivity (Wildman–Crippen MR) is 122 cm³/mol. The van der Waals surface area contributed by atoms with Crippen LogP contribution in [0.4, 0.5) is 11.4 Å². The highest BCUT2D eigenvalue weighted by Crippen LogP contribution is 2.26. The maximum absolute atomic E-state index is 12.8. The Morgan fingerprint density at radius 3 is 2.56 bits per heavy atom. The molecule has 3 heterocycles. The van der Waals surface area contributed by atoms with Crippen LogP contribution in [0.25, 0.3) is 22.6 Å². The number of aryl methyl sites for hydroxylation is 1. The van der Waals surface area contributed by atoms with E-state index in [-0.39, 0.29) is 17.4 Å². The summed E-state index contributed by atoms with van der Waals surface area (Å²) in [6, 6.07) is 16.7. The summed E-state index contributed by atoms with van der Waals surface area (Å²) in [5.74, 6) is 0.505. The van der Waals surface area contributed by atoms with Crippen molar-refractivity contribution in [2.45, 2.75) is 12.8 Å². The zero-order valence-electron chi connectivity index (χ0n) is 17.7. The van der Waals surface area contributed by atoms with Gasteiger partial charge in [0, 0.05) is 43.4 Å². The molecule has 4 aromatic rings. The minimum absolute atomic E-state index is 0.0152. The predicted octanol–water partition coefficient (Wildman–Crippen LogP) is 3.44. The van der Waals surface area contributed by atoms with Crippen LogP contribution in [0.2, 0.25) is 0 Å². The molecule has 1 aliphatic heterocycles. The summed E-state index contributed by atoms with van der Waals surface area (Å²) in [4.78, 5) is 31.2. The van der Waals surface area contributed by atoms with Crippen LogP contribution in [-0.4, -0.2) is 33.8 Å². The number of nitrogens with one attached hydrogen (secondary N) is 1. The Morgan fingerprint density at radius 1 is 1.09 bits per heavy atom. The Balaban J connectivity index is 1.20. The normalized spacial score (nSPS) is 14.6. The zero-order chi connectivity index (χ0) is 22.1. The van der Waals surface area contributed by atoms with Crippen LogP contribution >= 0.6 is 0 Å². The van der Waals surface area contributed by atoms with Gasteiger partial charge >= 0.3 is 0 Å². The van der Waals surface area contributed by atoms with Gasteiger partial charge in [0.1, 0.15) is 5.52 Å². The zero-order valence-corrected chi connectivity index (χ0v) is 17.7. The third-order valence-electron chi connectivity index (χ3n) is 5.88. The van der Waals surface area contributed by atoms with E-state index in [4.69, 9.17) is 4.42 Å². The number of amides is 1. The standard InChI is InChI=1S/C24H23N5O3/c1-28-22(30)14-19(15-25-28)29-12-10-16(11-13-29)23(31)26-18-8-6-17(7-9-18)24-27-20-4-2-3-5-21(20)32-24/h2-9,14-16H,10-13H2,1H3,(H,26,31). The summed E-state index contributed by atoms with van der Waals surface area (Å²) in [5, 5.41) is 7.09. The van der Waals surface area contributed by atoms with Gasteiger partial charge in [-0.15, -0.1) is 0 Å². The Morgan fingerprint density at radius 2 is 1.84 bits per heavy atom. The lowest BCUT2D eigenvalue weighted by Gasteiger charge is -2.32. The molecule has 0 saturated carbocycles. The van der Waals surface area contributed by atoms with Gasteiger partial charge in [0.05, 0.1) is 11.9 Å². The highest BCUT2D eigenvalue weighted by molar-refractivity contribution is 5.93. The van der Waals surface area contributed by atoms with Gasteiger partial charge in [0.2, 0.25) is 11.8 Å². The summed E-state index contributed by atoms with van der Waals surface area (Å²) in [6.45, 7) is 1.42. The molecule has 1 fully saturated rings. The van der Waals surface area contributed by atoms with E-state index in [1.165, 1.54) is 4.68 Å². The number of nitrogens with zero attached hydrogens (tertiary/aromatic N) is 4. The molecule has 1 N–H and O–H groups in total. The molecule has 1 saturated heterocycles. The third-order valence-corrected chi connectivity index (χ3v) is 5.88. The summed E-state index contributed by atoms with van der Waals surface area (Å²) < 4.78 is 7.11. The van der Waals surface area contributed by atoms with Crippen molar-refractivity contribution >= 4 is 28.4 Å². The van der Waals surface area contributed by atoms with Crippen LogP contribution in [-0.2, 0) is 11.8 Å². The number of aromatic nitrogens is 3. The van der Waals surface area contributed by atoms with E-state index in [0.717, 1.165) is 40.9 Å². The van der Waals surface area contributed by atoms with E-state index < -0.39 is 0 Å². The van der Waals surface area contributed by atoms with E-state index in [1.54, 1.807) is 19.3 Å². The van der Waals surface area contributed by atoms with Gasteiger partial charge < -0.3 is 14.6 Å². The fraction of sp³-hybridized carbons (Fsp3) is 0.250. The average Bonchev–Trinajstić information content (AvgIpc) is 3.26. The Labute approximate surface area is 184 Å². The molecule has 162 valence electrons. The number of benzene rings is 2. The molecule has 1 aliphatic rings. The van der Waals surface area contributed by atoms with Gasteiger partial charge in [-0.05, 0) is 49.2 Å². The van der Waals surface area contributed by atoms with Crippen molar-refractivity contribution in [1.82, 2.24) is 14.8 Å². The van der Waals surface area contributed by atoms with Gasteiger partial charge in [0.25, 0.3) is 5.56 Å². The van der Waals surface area contributed by atoms with E-state index in [1.807, 2.05) is 48.5 Å². The second-order valence-electron chi connectivity index (χ2n) is 7.99. The molecule has 8 heteroatoms. The number of hydrogen-bond donors (Lipinski definition) is 1. The first-order valence-electron chi connectivity index (χ1n) is 10.6. The number of fused-ring (bicyclic) bond motifs is 1. The molecule has 2 aromatic carbocycles. The average molecular weight is 429 g/mol. The maximum atomic E-state index is 12.8. The third kappa shape index (κ3) is 3.99. The Hall–Kier alpha value is -3.94. The highest BCUT2D eigenvalue weighted by atomic mass is 16.3. The molecule has 0 spiro atoms. The summed E-state index contributed by atoms with van der Waals surface area (Å²) >= 11 is 0. The first-order chi connectivity index (χ1) is 15.6. The van der Waals surface area contributed by atoms with Crippen LogP contribution in [0.3, 0.4) is 0 Å². The van der Waals surface area contributed by atoms with E-state index >= 15 is 0 Å². The van der Waals surface area contributed by atoms with E-state index in [2.05, 4.69) is 20.3 Å². The minimum Gasteiger partial charge on any atom is -0.436 e. The number of carbonyl (C=O) groups excluding carboxylic acids is 1. The lowest BCUT2D eigenvalue weighted by Crippen LogP contribution is -2.39. The fourth-order valence-electron chi connectivity index (χ4n) is 3.97. The topological polar surface area (TPSA) is 93.3 Å². The first kappa shape index (κ1) is 20.0. The summed E-state index contributed by atoms with van der Waals surface area (Å²) in [7, 11) is 1.63. The lowest BCUT2D eigenvalue weighted by atomic mass is 9.95. The Bertz CT molecular complexity index is 1280. The molecule has 1 amide bonds. The molecule has 5 rings (SSSR count). The largest absolute Gasteiger partial charge is 0.436 e. The van der Waals surface area contributed by atoms with Gasteiger partial charge in [0.15, 0.2) is 5.58 Å². The highest BCUT2D eigenvalue weighted by Gasteiger charge is 2.25. The molecule has 32 heavy (non-hydrogen) atoms. The van der Waals surface area contributed by atoms with Crippen LogP contribution in [0.1, 0.15) is 12.8 Å². The second kappa shape index (κ2) is 8.30. The fourth-order valence-corrected chi connectivity index (χ4v) is 3.97. The maximum Gasteiger partial charge on any atom is 0.268 e. The number of para-hydroxylation sites is 2. The number of hydrogen-bond acceptors (Lipinski definition) is 6. The molecule has 2 aromatic heterocycles. The monoisotopic (exact) mass is 429 g/mol. The van der Waals surface area contributed by atoms with Crippen molar-refractivity contribution in [3.63, 3.8) is 0 Å². The Kier molecular flexibility index (Phi) is 5.18. The van der Waals surface area contributed by atoms with Crippen LogP contribution in [0.15, 0.2) is 70.0 Å². The number of oxazole rings is 1. The molecule has 0 bridgehead atoms. The molecule has 8 nitrogen and oxygen atoms in total. The summed E-state index contributed by atoms with van der Waals surface area (Å²) in [6.07, 6.45) is 3.14. The van der Waals surface area contributed by atoms with Crippen molar-refractivity contribution in [3.8, 4) is 11.5 Å². The van der Waals surface area contributed by atoms with Gasteiger partial charge in [-0.1, -0.05) is 12.1 Å². The summed E-state index contributed by atoms with van der Waals surface area (Å²) in [5.41, 5.74) is 3.84. The smallest absolute Gasteiger partial charge is 0.268 e. The van der Waals surface area contributed by atoms with Crippen LogP contribution < -0.4 is 15.8 Å². The van der Waals surface area contributed by atoms with Crippen molar-refractivity contribution in [2.24, 2.45) is 13.0 Å². The number of rotatable bonds is 4. The van der Waals surface area contributed by atoms with Gasteiger partial charge in [-0.3, -0.25) is 9.59 Å². The number of piperidine rings is 1. The molecular weight excluding hydrogens is 406 g/mol. The van der Waals surface area contributed by atoms with Gasteiger partial charge in [-0.25, -0.2) is 9.67 Å². The number of carbonyl (C=O) groups is 1. The van der Waals surface area contributed by atoms with Crippen molar-refractivity contribution in [3.05, 3.63) is 71.1 Å². The van der Waals surface area contributed by atoms with Crippen LogP contribution in [0.5, 0.6) is 0 Å². The van der Waals surface area contributed by atoms with Gasteiger partial charge in [-0.2, -0.15) is 5.10 Å². The quantitative estimate of drug-likeness (QED) is 0.534.